The van der Waals surface area contributed by atoms with Crippen LogP contribution < -0.4 is 0 Å². The van der Waals surface area contributed by atoms with E-state index in [1.54, 1.807) is 0 Å². The van der Waals surface area contributed by atoms with Crippen molar-refractivity contribution in [2.24, 2.45) is 0 Å². The Morgan fingerprint density at radius 1 is 1.36 bits per heavy atom. The van der Waals surface area contributed by atoms with Gasteiger partial charge in [0.05, 0.1) is 0 Å². The van der Waals surface area contributed by atoms with Crippen molar-refractivity contribution in [2.75, 3.05) is 0 Å². The molecule has 0 nitrogen and oxygen atoms in total. The zero-order valence-corrected chi connectivity index (χ0v) is 12.4. The summed E-state index contributed by atoms with van der Waals surface area (Å²) in [5.41, 5.74) is 2.90. The molecule has 0 N–H and O–H groups in total. The van der Waals surface area contributed by atoms with Crippen molar-refractivity contribution in [2.45, 2.75) is 18.7 Å². The summed E-state index contributed by atoms with van der Waals surface area (Å²) < 4.78 is 2.81. The van der Waals surface area contributed by atoms with Crippen LogP contribution in [-0.4, -0.2) is 0 Å². The largest absolute Gasteiger partial charge is 0.142 e. The van der Waals surface area contributed by atoms with Gasteiger partial charge in [-0.25, -0.2) is 0 Å². The van der Waals surface area contributed by atoms with Gasteiger partial charge in [-0.15, -0.1) is 11.3 Å². The Hall–Kier alpha value is 0.390. The SMILES string of the molecule is CCc1ccc(I)c2scc(CBr)c12. The molecule has 14 heavy (non-hydrogen) atoms. The lowest BCUT2D eigenvalue weighted by molar-refractivity contribution is 1.16. The van der Waals surface area contributed by atoms with E-state index in [0.29, 0.717) is 0 Å². The molecule has 0 saturated carbocycles. The summed E-state index contributed by atoms with van der Waals surface area (Å²) in [4.78, 5) is 0. The van der Waals surface area contributed by atoms with Gasteiger partial charge in [0.1, 0.15) is 0 Å². The Morgan fingerprint density at radius 2 is 2.14 bits per heavy atom. The number of aryl methyl sites for hydroxylation is 1. The molecule has 0 aliphatic heterocycles. The molecule has 0 unspecified atom stereocenters. The number of hydrogen-bond donors (Lipinski definition) is 0. The van der Waals surface area contributed by atoms with E-state index in [-0.39, 0.29) is 0 Å². The molecule has 0 bridgehead atoms. The summed E-state index contributed by atoms with van der Waals surface area (Å²) in [6, 6.07) is 4.47. The lowest BCUT2D eigenvalue weighted by atomic mass is 10.1. The highest BCUT2D eigenvalue weighted by Crippen LogP contribution is 2.34. The first kappa shape index (κ1) is 10.9. The molecular formula is C11H10BrIS. The lowest BCUT2D eigenvalue weighted by Gasteiger charge is -2.03. The standard InChI is InChI=1S/C11H10BrIS/c1-2-7-3-4-9(13)11-10(7)8(5-12)6-14-11/h3-4,6H,2,5H2,1H3. The Morgan fingerprint density at radius 3 is 2.79 bits per heavy atom. The molecular weight excluding hydrogens is 371 g/mol. The van der Waals surface area contributed by atoms with E-state index in [1.165, 1.54) is 24.8 Å². The summed E-state index contributed by atoms with van der Waals surface area (Å²) in [6.45, 7) is 2.22. The van der Waals surface area contributed by atoms with Gasteiger partial charge < -0.3 is 0 Å². The third kappa shape index (κ3) is 1.74. The predicted molar refractivity (Wildman–Crippen MR) is 76.6 cm³/mol. The molecule has 0 radical (unpaired) electrons. The van der Waals surface area contributed by atoms with E-state index in [2.05, 4.69) is 63.0 Å². The average Bonchev–Trinajstić information content (AvgIpc) is 2.63. The molecule has 3 heteroatoms. The Bertz CT molecular complexity index is 462. The molecule has 2 rings (SSSR count). The van der Waals surface area contributed by atoms with Gasteiger partial charge in [0, 0.05) is 19.0 Å². The van der Waals surface area contributed by atoms with Gasteiger partial charge >= 0.3 is 0 Å². The number of hydrogen-bond acceptors (Lipinski definition) is 1. The first-order valence-electron chi connectivity index (χ1n) is 4.51. The fraction of sp³-hybridized carbons (Fsp3) is 0.273. The van der Waals surface area contributed by atoms with Crippen LogP contribution >= 0.6 is 49.9 Å². The molecule has 0 saturated heterocycles. The molecule has 74 valence electrons. The molecule has 0 fully saturated rings. The summed E-state index contributed by atoms with van der Waals surface area (Å²) in [5.74, 6) is 0. The first-order valence-corrected chi connectivity index (χ1v) is 7.59. The minimum Gasteiger partial charge on any atom is -0.142 e. The van der Waals surface area contributed by atoms with Crippen molar-refractivity contribution in [3.63, 3.8) is 0 Å². The molecule has 1 heterocycles. The van der Waals surface area contributed by atoms with Gasteiger partial charge in [0.15, 0.2) is 0 Å². The smallest absolute Gasteiger partial charge is 0.0482 e. The summed E-state index contributed by atoms with van der Waals surface area (Å²) in [7, 11) is 0. The second-order valence-corrected chi connectivity index (χ2v) is 5.76. The van der Waals surface area contributed by atoms with Crippen LogP contribution in [0.4, 0.5) is 0 Å². The molecule has 0 atom stereocenters. The summed E-state index contributed by atoms with van der Waals surface area (Å²) >= 11 is 7.82. The van der Waals surface area contributed by atoms with Crippen LogP contribution in [-0.2, 0) is 11.8 Å². The van der Waals surface area contributed by atoms with Crippen molar-refractivity contribution in [3.8, 4) is 0 Å². The number of rotatable bonds is 2. The highest BCUT2D eigenvalue weighted by atomic mass is 127. The Kier molecular flexibility index (Phi) is 3.50. The number of benzene rings is 1. The first-order chi connectivity index (χ1) is 6.77. The van der Waals surface area contributed by atoms with Crippen molar-refractivity contribution < 1.29 is 0 Å². The third-order valence-corrected chi connectivity index (χ3v) is 5.29. The van der Waals surface area contributed by atoms with Crippen LogP contribution in [0.2, 0.25) is 0 Å². The molecule has 0 spiro atoms. The van der Waals surface area contributed by atoms with Crippen LogP contribution in [0.5, 0.6) is 0 Å². The zero-order valence-electron chi connectivity index (χ0n) is 7.81. The molecule has 0 amide bonds. The van der Waals surface area contributed by atoms with E-state index in [0.717, 1.165) is 11.8 Å². The maximum atomic E-state index is 3.55. The number of thiophene rings is 1. The van der Waals surface area contributed by atoms with E-state index in [9.17, 15) is 0 Å². The molecule has 0 aliphatic carbocycles. The normalized spacial score (nSPS) is 11.1. The maximum Gasteiger partial charge on any atom is 0.0482 e. The predicted octanol–water partition coefficient (Wildman–Crippen LogP) is 4.96. The summed E-state index contributed by atoms with van der Waals surface area (Å²) in [6.07, 6.45) is 1.12. The average molecular weight is 381 g/mol. The van der Waals surface area contributed by atoms with Crippen LogP contribution in [0.15, 0.2) is 17.5 Å². The quantitative estimate of drug-likeness (QED) is 0.510. The van der Waals surface area contributed by atoms with Gasteiger partial charge in [-0.05, 0) is 51.6 Å². The highest BCUT2D eigenvalue weighted by molar-refractivity contribution is 14.1. The van der Waals surface area contributed by atoms with E-state index in [4.69, 9.17) is 0 Å². The monoisotopic (exact) mass is 380 g/mol. The molecule has 0 aliphatic rings. The summed E-state index contributed by atoms with van der Waals surface area (Å²) in [5, 5.41) is 4.70. The second kappa shape index (κ2) is 4.49. The highest BCUT2D eigenvalue weighted by Gasteiger charge is 2.09. The van der Waals surface area contributed by atoms with Crippen molar-refractivity contribution >= 4 is 59.9 Å². The van der Waals surface area contributed by atoms with Crippen molar-refractivity contribution in [1.82, 2.24) is 0 Å². The third-order valence-electron chi connectivity index (χ3n) is 2.36. The fourth-order valence-electron chi connectivity index (χ4n) is 1.65. The second-order valence-electron chi connectivity index (χ2n) is 3.16. The van der Waals surface area contributed by atoms with Crippen molar-refractivity contribution in [1.29, 1.82) is 0 Å². The fourth-order valence-corrected chi connectivity index (χ4v) is 4.16. The van der Waals surface area contributed by atoms with Crippen LogP contribution in [0.1, 0.15) is 18.1 Å². The van der Waals surface area contributed by atoms with Crippen LogP contribution in [0.25, 0.3) is 10.1 Å². The van der Waals surface area contributed by atoms with E-state index in [1.807, 2.05) is 11.3 Å². The Labute approximate surface area is 110 Å². The molecule has 1 aromatic heterocycles. The number of fused-ring (bicyclic) bond motifs is 1. The maximum absolute atomic E-state index is 3.55. The van der Waals surface area contributed by atoms with Gasteiger partial charge in [-0.2, -0.15) is 0 Å². The minimum atomic E-state index is 0.958. The lowest BCUT2D eigenvalue weighted by Crippen LogP contribution is -1.85. The number of alkyl halides is 1. The van der Waals surface area contributed by atoms with Crippen LogP contribution in [0.3, 0.4) is 0 Å². The number of halogens is 2. The zero-order chi connectivity index (χ0) is 10.1. The topological polar surface area (TPSA) is 0 Å². The molecule has 2 aromatic rings. The van der Waals surface area contributed by atoms with E-state index < -0.39 is 0 Å². The van der Waals surface area contributed by atoms with Crippen LogP contribution in [0, 0.1) is 3.57 Å². The van der Waals surface area contributed by atoms with E-state index >= 15 is 0 Å². The van der Waals surface area contributed by atoms with Gasteiger partial charge in [-0.3, -0.25) is 0 Å². The van der Waals surface area contributed by atoms with Crippen molar-refractivity contribution in [3.05, 3.63) is 32.2 Å². The van der Waals surface area contributed by atoms with Gasteiger partial charge in [0.2, 0.25) is 0 Å². The Balaban J connectivity index is 2.82. The van der Waals surface area contributed by atoms with Gasteiger partial charge in [0.25, 0.3) is 0 Å². The molecule has 1 aromatic carbocycles. The van der Waals surface area contributed by atoms with Gasteiger partial charge in [-0.1, -0.05) is 28.9 Å². The minimum absolute atomic E-state index is 0.958.